The first-order valence-electron chi connectivity index (χ1n) is 7.68. The second-order valence-corrected chi connectivity index (χ2v) is 5.91. The summed E-state index contributed by atoms with van der Waals surface area (Å²) < 4.78 is 0. The Kier molecular flexibility index (Phi) is 4.08. The molecule has 0 fully saturated rings. The van der Waals surface area contributed by atoms with Gasteiger partial charge in [-0.05, 0) is 50.1 Å². The standard InChI is InChI=1S/C19H19N3O2/c1-11-7-8-15(13(3)9-11)20-19(24)17-10-16(21-22-17)14-6-4-5-12(2)18(14)23/h4-10,23H,1-3H3,(H,20,24)(H,21,22). The zero-order chi connectivity index (χ0) is 17.3. The molecule has 0 unspecified atom stereocenters. The summed E-state index contributed by atoms with van der Waals surface area (Å²) in [7, 11) is 0. The lowest BCUT2D eigenvalue weighted by molar-refractivity contribution is 0.102. The van der Waals surface area contributed by atoms with E-state index in [9.17, 15) is 9.90 Å². The van der Waals surface area contributed by atoms with Crippen LogP contribution in [-0.4, -0.2) is 21.2 Å². The van der Waals surface area contributed by atoms with Gasteiger partial charge in [-0.3, -0.25) is 9.89 Å². The molecule has 0 atom stereocenters. The van der Waals surface area contributed by atoms with Gasteiger partial charge in [-0.1, -0.05) is 29.8 Å². The number of carbonyl (C=O) groups is 1. The SMILES string of the molecule is Cc1ccc(NC(=O)c2cc(-c3cccc(C)c3O)n[nH]2)c(C)c1. The predicted molar refractivity (Wildman–Crippen MR) is 94.3 cm³/mol. The minimum Gasteiger partial charge on any atom is -0.507 e. The van der Waals surface area contributed by atoms with E-state index in [0.29, 0.717) is 17.0 Å². The van der Waals surface area contributed by atoms with Crippen LogP contribution in [0.1, 0.15) is 27.2 Å². The van der Waals surface area contributed by atoms with Crippen molar-refractivity contribution < 1.29 is 9.90 Å². The minimum atomic E-state index is -0.271. The van der Waals surface area contributed by atoms with Gasteiger partial charge in [-0.15, -0.1) is 0 Å². The zero-order valence-electron chi connectivity index (χ0n) is 13.8. The quantitative estimate of drug-likeness (QED) is 0.683. The normalized spacial score (nSPS) is 10.6. The van der Waals surface area contributed by atoms with E-state index in [-0.39, 0.29) is 11.7 Å². The van der Waals surface area contributed by atoms with Crippen molar-refractivity contribution in [2.45, 2.75) is 20.8 Å². The van der Waals surface area contributed by atoms with Crippen molar-refractivity contribution >= 4 is 11.6 Å². The number of hydrogen-bond acceptors (Lipinski definition) is 3. The number of nitrogens with zero attached hydrogens (tertiary/aromatic N) is 1. The summed E-state index contributed by atoms with van der Waals surface area (Å²) in [6.07, 6.45) is 0. The molecule has 3 rings (SSSR count). The van der Waals surface area contributed by atoms with Gasteiger partial charge in [0.25, 0.3) is 5.91 Å². The Bertz CT molecular complexity index is 913. The number of phenolic OH excluding ortho intramolecular Hbond substituents is 1. The number of hydrogen-bond donors (Lipinski definition) is 3. The first-order valence-corrected chi connectivity index (χ1v) is 7.68. The molecule has 2 aromatic carbocycles. The number of nitrogens with one attached hydrogen (secondary N) is 2. The summed E-state index contributed by atoms with van der Waals surface area (Å²) in [5.74, 6) is -0.0989. The van der Waals surface area contributed by atoms with Gasteiger partial charge in [-0.25, -0.2) is 0 Å². The highest BCUT2D eigenvalue weighted by Crippen LogP contribution is 2.30. The van der Waals surface area contributed by atoms with Crippen molar-refractivity contribution in [3.63, 3.8) is 0 Å². The van der Waals surface area contributed by atoms with Gasteiger partial charge in [0, 0.05) is 11.3 Å². The maximum atomic E-state index is 12.4. The van der Waals surface area contributed by atoms with Gasteiger partial charge in [0.2, 0.25) is 0 Å². The molecule has 0 saturated carbocycles. The molecular weight excluding hydrogens is 302 g/mol. The number of carbonyl (C=O) groups excluding carboxylic acids is 1. The molecule has 1 aromatic heterocycles. The summed E-state index contributed by atoms with van der Waals surface area (Å²) >= 11 is 0. The number of benzene rings is 2. The fourth-order valence-corrected chi connectivity index (χ4v) is 2.59. The molecule has 5 nitrogen and oxygen atoms in total. The molecular formula is C19H19N3O2. The monoisotopic (exact) mass is 321 g/mol. The molecule has 3 N–H and O–H groups in total. The van der Waals surface area contributed by atoms with Gasteiger partial charge in [0.15, 0.2) is 0 Å². The van der Waals surface area contributed by atoms with Crippen molar-refractivity contribution in [2.24, 2.45) is 0 Å². The number of anilines is 1. The van der Waals surface area contributed by atoms with Gasteiger partial charge in [-0.2, -0.15) is 5.10 Å². The van der Waals surface area contributed by atoms with E-state index in [1.807, 2.05) is 51.1 Å². The number of H-pyrrole nitrogens is 1. The van der Waals surface area contributed by atoms with Gasteiger partial charge < -0.3 is 10.4 Å². The summed E-state index contributed by atoms with van der Waals surface area (Å²) in [6.45, 7) is 5.78. The average molecular weight is 321 g/mol. The molecule has 122 valence electrons. The maximum absolute atomic E-state index is 12.4. The largest absolute Gasteiger partial charge is 0.507 e. The van der Waals surface area contributed by atoms with Crippen molar-refractivity contribution in [2.75, 3.05) is 5.32 Å². The van der Waals surface area contributed by atoms with Crippen LogP contribution >= 0.6 is 0 Å². The third kappa shape index (κ3) is 3.01. The Morgan fingerprint density at radius 1 is 1.08 bits per heavy atom. The van der Waals surface area contributed by atoms with E-state index >= 15 is 0 Å². The van der Waals surface area contributed by atoms with Crippen LogP contribution < -0.4 is 5.32 Å². The Hall–Kier alpha value is -3.08. The summed E-state index contributed by atoms with van der Waals surface area (Å²) in [5, 5.41) is 19.9. The van der Waals surface area contributed by atoms with E-state index in [4.69, 9.17) is 0 Å². The van der Waals surface area contributed by atoms with Crippen LogP contribution in [0.15, 0.2) is 42.5 Å². The Labute approximate surface area is 140 Å². The van der Waals surface area contributed by atoms with Crippen molar-refractivity contribution in [3.05, 3.63) is 64.8 Å². The highest BCUT2D eigenvalue weighted by atomic mass is 16.3. The number of aryl methyl sites for hydroxylation is 3. The smallest absolute Gasteiger partial charge is 0.273 e. The molecule has 0 aliphatic heterocycles. The Balaban J connectivity index is 1.85. The summed E-state index contributed by atoms with van der Waals surface area (Å²) in [5.41, 5.74) is 5.13. The molecule has 0 aliphatic rings. The number of phenols is 1. The Morgan fingerprint density at radius 2 is 1.88 bits per heavy atom. The topological polar surface area (TPSA) is 78.0 Å². The van der Waals surface area contributed by atoms with Gasteiger partial charge >= 0.3 is 0 Å². The van der Waals surface area contributed by atoms with Crippen LogP contribution in [0.4, 0.5) is 5.69 Å². The van der Waals surface area contributed by atoms with Gasteiger partial charge in [0.05, 0.1) is 5.69 Å². The van der Waals surface area contributed by atoms with Gasteiger partial charge in [0.1, 0.15) is 11.4 Å². The molecule has 1 amide bonds. The number of aromatic nitrogens is 2. The number of aromatic hydroxyl groups is 1. The van der Waals surface area contributed by atoms with Crippen molar-refractivity contribution in [1.82, 2.24) is 10.2 Å². The van der Waals surface area contributed by atoms with E-state index in [1.165, 1.54) is 0 Å². The average Bonchev–Trinajstić information content (AvgIpc) is 3.02. The first-order chi connectivity index (χ1) is 11.5. The van der Waals surface area contributed by atoms with E-state index in [0.717, 1.165) is 22.4 Å². The highest BCUT2D eigenvalue weighted by Gasteiger charge is 2.14. The number of aromatic amines is 1. The lowest BCUT2D eigenvalue weighted by Gasteiger charge is -2.07. The fourth-order valence-electron chi connectivity index (χ4n) is 2.59. The van der Waals surface area contributed by atoms with Crippen LogP contribution in [-0.2, 0) is 0 Å². The predicted octanol–water partition coefficient (Wildman–Crippen LogP) is 3.96. The second-order valence-electron chi connectivity index (χ2n) is 5.91. The first kappa shape index (κ1) is 15.8. The number of para-hydroxylation sites is 1. The molecule has 1 heterocycles. The summed E-state index contributed by atoms with van der Waals surface area (Å²) in [4.78, 5) is 12.4. The molecule has 24 heavy (non-hydrogen) atoms. The van der Waals surface area contributed by atoms with Crippen LogP contribution in [0.2, 0.25) is 0 Å². The molecule has 0 aliphatic carbocycles. The zero-order valence-corrected chi connectivity index (χ0v) is 13.8. The Morgan fingerprint density at radius 3 is 2.62 bits per heavy atom. The number of amides is 1. The second kappa shape index (κ2) is 6.20. The van der Waals surface area contributed by atoms with Crippen molar-refractivity contribution in [1.29, 1.82) is 0 Å². The lowest BCUT2D eigenvalue weighted by Crippen LogP contribution is -2.13. The summed E-state index contributed by atoms with van der Waals surface area (Å²) in [6, 6.07) is 12.9. The van der Waals surface area contributed by atoms with Crippen LogP contribution in [0, 0.1) is 20.8 Å². The van der Waals surface area contributed by atoms with Crippen LogP contribution in [0.25, 0.3) is 11.3 Å². The van der Waals surface area contributed by atoms with Crippen molar-refractivity contribution in [3.8, 4) is 17.0 Å². The fraction of sp³-hybridized carbons (Fsp3) is 0.158. The van der Waals surface area contributed by atoms with E-state index in [1.54, 1.807) is 12.1 Å². The third-order valence-electron chi connectivity index (χ3n) is 3.97. The molecule has 5 heteroatoms. The molecule has 0 bridgehead atoms. The molecule has 0 spiro atoms. The lowest BCUT2D eigenvalue weighted by atomic mass is 10.1. The van der Waals surface area contributed by atoms with Crippen LogP contribution in [0.3, 0.4) is 0 Å². The highest BCUT2D eigenvalue weighted by molar-refractivity contribution is 6.03. The molecule has 0 radical (unpaired) electrons. The minimum absolute atomic E-state index is 0.172. The van der Waals surface area contributed by atoms with E-state index in [2.05, 4.69) is 15.5 Å². The number of rotatable bonds is 3. The molecule has 0 saturated heterocycles. The van der Waals surface area contributed by atoms with E-state index < -0.39 is 0 Å². The molecule has 3 aromatic rings. The maximum Gasteiger partial charge on any atom is 0.273 e. The van der Waals surface area contributed by atoms with Crippen LogP contribution in [0.5, 0.6) is 5.75 Å². The third-order valence-corrected chi connectivity index (χ3v) is 3.97.